The average Bonchev–Trinajstić information content (AvgIpc) is 2.81. The fourth-order valence-electron chi connectivity index (χ4n) is 3.11. The molecule has 0 heterocycles. The molecule has 0 spiro atoms. The molecule has 3 aromatic rings. The van der Waals surface area contributed by atoms with Gasteiger partial charge in [-0.25, -0.2) is 9.00 Å². The molecule has 0 aliphatic rings. The Bertz CT molecular complexity index is 1180. The first-order chi connectivity index (χ1) is 16.0. The third-order valence-electron chi connectivity index (χ3n) is 4.96. The van der Waals surface area contributed by atoms with Gasteiger partial charge in [0.05, 0.1) is 16.4 Å². The van der Waals surface area contributed by atoms with Gasteiger partial charge in [0.25, 0.3) is 0 Å². The number of nitrogens with zero attached hydrogens (tertiary/aromatic N) is 1. The lowest BCUT2D eigenvalue weighted by Crippen LogP contribution is -2.25. The first-order valence-corrected chi connectivity index (χ1v) is 12.0. The fourth-order valence-corrected chi connectivity index (χ4v) is 4.20. The number of anilines is 1. The molecule has 6 nitrogen and oxygen atoms in total. The largest absolute Gasteiger partial charge is 0.489 e. The molecule has 0 N–H and O–H groups in total. The maximum absolute atomic E-state index is 13.0. The van der Waals surface area contributed by atoms with E-state index in [1.54, 1.807) is 82.4 Å². The van der Waals surface area contributed by atoms with Crippen molar-refractivity contribution in [1.82, 2.24) is 0 Å². The van der Waals surface area contributed by atoms with E-state index in [4.69, 9.17) is 9.47 Å². The van der Waals surface area contributed by atoms with Gasteiger partial charge in [0.15, 0.2) is 0 Å². The standard InChI is InChI=1S/C27H29NO5S/c1-19(29)28(5)21-12-14-22(15-13-21)32-18-20-11-16-24(34(31)23-9-7-6-8-10-23)17-25(20)26(30)33-27(2,3)4/h6-17H,18H2,1-5H3. The maximum atomic E-state index is 13.0. The smallest absolute Gasteiger partial charge is 0.339 e. The number of hydrogen-bond donors (Lipinski definition) is 0. The van der Waals surface area contributed by atoms with Gasteiger partial charge in [-0.15, -0.1) is 0 Å². The van der Waals surface area contributed by atoms with Crippen molar-refractivity contribution >= 4 is 28.4 Å². The Balaban J connectivity index is 1.86. The second-order valence-corrected chi connectivity index (χ2v) is 10.2. The fraction of sp³-hybridized carbons (Fsp3) is 0.259. The second-order valence-electron chi connectivity index (χ2n) is 8.76. The Morgan fingerprint density at radius 3 is 2.15 bits per heavy atom. The zero-order valence-corrected chi connectivity index (χ0v) is 20.8. The van der Waals surface area contributed by atoms with Crippen LogP contribution in [0.1, 0.15) is 43.6 Å². The van der Waals surface area contributed by atoms with E-state index >= 15 is 0 Å². The van der Waals surface area contributed by atoms with Crippen molar-refractivity contribution in [3.05, 3.63) is 83.9 Å². The van der Waals surface area contributed by atoms with Gasteiger partial charge in [0.1, 0.15) is 18.0 Å². The minimum absolute atomic E-state index is 0.0661. The molecular formula is C27H29NO5S. The molecule has 34 heavy (non-hydrogen) atoms. The van der Waals surface area contributed by atoms with E-state index in [-0.39, 0.29) is 12.5 Å². The highest BCUT2D eigenvalue weighted by Gasteiger charge is 2.22. The van der Waals surface area contributed by atoms with Crippen molar-refractivity contribution < 1.29 is 23.3 Å². The summed E-state index contributed by atoms with van der Waals surface area (Å²) >= 11 is 0. The topological polar surface area (TPSA) is 72.9 Å². The van der Waals surface area contributed by atoms with Gasteiger partial charge < -0.3 is 14.4 Å². The lowest BCUT2D eigenvalue weighted by molar-refractivity contribution is -0.116. The number of esters is 1. The van der Waals surface area contributed by atoms with Gasteiger partial charge in [0.2, 0.25) is 5.91 Å². The Labute approximate surface area is 203 Å². The van der Waals surface area contributed by atoms with Gasteiger partial charge >= 0.3 is 5.97 Å². The Morgan fingerprint density at radius 1 is 0.912 bits per heavy atom. The molecule has 178 valence electrons. The van der Waals surface area contributed by atoms with Crippen LogP contribution in [0, 0.1) is 0 Å². The summed E-state index contributed by atoms with van der Waals surface area (Å²) in [6.45, 7) is 7.01. The van der Waals surface area contributed by atoms with E-state index < -0.39 is 22.4 Å². The number of amides is 1. The molecule has 0 aliphatic carbocycles. The lowest BCUT2D eigenvalue weighted by atomic mass is 10.1. The highest BCUT2D eigenvalue weighted by atomic mass is 32.2. The molecule has 0 saturated heterocycles. The van der Waals surface area contributed by atoms with E-state index in [1.807, 2.05) is 18.2 Å². The van der Waals surface area contributed by atoms with E-state index in [1.165, 1.54) is 11.8 Å². The van der Waals surface area contributed by atoms with Gasteiger partial charge in [-0.1, -0.05) is 24.3 Å². The van der Waals surface area contributed by atoms with Crippen molar-refractivity contribution in [3.8, 4) is 5.75 Å². The molecule has 1 unspecified atom stereocenters. The van der Waals surface area contributed by atoms with Crippen LogP contribution in [-0.4, -0.2) is 28.7 Å². The van der Waals surface area contributed by atoms with Gasteiger partial charge in [-0.2, -0.15) is 0 Å². The molecule has 7 heteroatoms. The summed E-state index contributed by atoms with van der Waals surface area (Å²) in [5, 5.41) is 0. The van der Waals surface area contributed by atoms with Crippen LogP contribution in [0.4, 0.5) is 5.69 Å². The van der Waals surface area contributed by atoms with E-state index in [9.17, 15) is 13.8 Å². The highest BCUT2D eigenvalue weighted by Crippen LogP contribution is 2.25. The molecule has 1 atom stereocenters. The van der Waals surface area contributed by atoms with E-state index in [0.717, 1.165) is 5.69 Å². The summed E-state index contributed by atoms with van der Waals surface area (Å²) in [5.74, 6) is 0.0212. The predicted molar refractivity (Wildman–Crippen MR) is 133 cm³/mol. The summed E-state index contributed by atoms with van der Waals surface area (Å²) in [6.07, 6.45) is 0. The molecule has 0 saturated carbocycles. The molecule has 0 aliphatic heterocycles. The molecule has 0 aromatic heterocycles. The van der Waals surface area contributed by atoms with Crippen molar-refractivity contribution in [3.63, 3.8) is 0 Å². The normalized spacial score (nSPS) is 12.0. The Morgan fingerprint density at radius 2 is 1.56 bits per heavy atom. The zero-order chi connectivity index (χ0) is 24.9. The predicted octanol–water partition coefficient (Wildman–Crippen LogP) is 5.37. The van der Waals surface area contributed by atoms with Crippen molar-refractivity contribution in [2.75, 3.05) is 11.9 Å². The monoisotopic (exact) mass is 479 g/mol. The van der Waals surface area contributed by atoms with E-state index in [0.29, 0.717) is 26.7 Å². The van der Waals surface area contributed by atoms with Crippen molar-refractivity contribution in [2.45, 2.75) is 49.7 Å². The summed E-state index contributed by atoms with van der Waals surface area (Å²) in [5.41, 5.74) is 1.00. The van der Waals surface area contributed by atoms with Gasteiger partial charge in [-0.05, 0) is 69.3 Å². The molecule has 3 rings (SSSR count). The minimum Gasteiger partial charge on any atom is -0.489 e. The van der Waals surface area contributed by atoms with Crippen LogP contribution in [0.3, 0.4) is 0 Å². The molecular weight excluding hydrogens is 450 g/mol. The molecule has 0 radical (unpaired) electrons. The van der Waals surface area contributed by atoms with Gasteiger partial charge in [-0.3, -0.25) is 4.79 Å². The summed E-state index contributed by atoms with van der Waals surface area (Å²) in [4.78, 5) is 27.2. The summed E-state index contributed by atoms with van der Waals surface area (Å²) in [6, 6.07) is 21.3. The number of benzene rings is 3. The van der Waals surface area contributed by atoms with Crippen LogP contribution in [0.5, 0.6) is 5.75 Å². The third kappa shape index (κ3) is 6.54. The first kappa shape index (κ1) is 25.2. The van der Waals surface area contributed by atoms with Crippen molar-refractivity contribution in [1.29, 1.82) is 0 Å². The quantitative estimate of drug-likeness (QED) is 0.426. The van der Waals surface area contributed by atoms with Crippen LogP contribution < -0.4 is 9.64 Å². The van der Waals surface area contributed by atoms with Crippen LogP contribution in [-0.2, 0) is 26.9 Å². The van der Waals surface area contributed by atoms with Crippen molar-refractivity contribution in [2.24, 2.45) is 0 Å². The number of hydrogen-bond acceptors (Lipinski definition) is 5. The minimum atomic E-state index is -1.44. The maximum Gasteiger partial charge on any atom is 0.339 e. The highest BCUT2D eigenvalue weighted by molar-refractivity contribution is 7.85. The molecule has 0 bridgehead atoms. The number of carbonyl (C=O) groups excluding carboxylic acids is 2. The van der Waals surface area contributed by atoms with Gasteiger partial charge in [0, 0.05) is 35.0 Å². The van der Waals surface area contributed by atoms with Crippen LogP contribution >= 0.6 is 0 Å². The van der Waals surface area contributed by atoms with Crippen LogP contribution in [0.25, 0.3) is 0 Å². The van der Waals surface area contributed by atoms with Crippen LogP contribution in [0.15, 0.2) is 82.6 Å². The third-order valence-corrected chi connectivity index (χ3v) is 6.34. The molecule has 0 fully saturated rings. The SMILES string of the molecule is CC(=O)N(C)c1ccc(OCc2ccc(S(=O)c3ccccc3)cc2C(=O)OC(C)(C)C)cc1. The van der Waals surface area contributed by atoms with Crippen LogP contribution in [0.2, 0.25) is 0 Å². The second kappa shape index (κ2) is 10.7. The molecule has 1 amide bonds. The van der Waals surface area contributed by atoms with E-state index in [2.05, 4.69) is 0 Å². The lowest BCUT2D eigenvalue weighted by Gasteiger charge is -2.21. The first-order valence-electron chi connectivity index (χ1n) is 10.9. The number of carbonyl (C=O) groups is 2. The zero-order valence-electron chi connectivity index (χ0n) is 20.0. The Hall–Kier alpha value is -3.45. The summed E-state index contributed by atoms with van der Waals surface area (Å²) in [7, 11) is 0.264. The molecule has 3 aromatic carbocycles. The average molecular weight is 480 g/mol. The summed E-state index contributed by atoms with van der Waals surface area (Å²) < 4.78 is 24.5. The Kier molecular flexibility index (Phi) is 7.89. The number of rotatable bonds is 7. The number of ether oxygens (including phenoxy) is 2.